The molecular weight excluding hydrogens is 266 g/mol. The molecule has 0 saturated heterocycles. The quantitative estimate of drug-likeness (QED) is 0.801. The van der Waals surface area contributed by atoms with Gasteiger partial charge in [0.15, 0.2) is 0 Å². The van der Waals surface area contributed by atoms with Crippen molar-refractivity contribution < 1.29 is 4.74 Å². The van der Waals surface area contributed by atoms with E-state index in [0.717, 1.165) is 16.6 Å². The predicted octanol–water partition coefficient (Wildman–Crippen LogP) is 4.04. The Morgan fingerprint density at radius 2 is 2.12 bits per heavy atom. The molecule has 0 amide bonds. The number of nitrogens with two attached hydrogens (primary N) is 1. The number of rotatable bonds is 6. The summed E-state index contributed by atoms with van der Waals surface area (Å²) in [6.07, 6.45) is 4.73. The van der Waals surface area contributed by atoms with Gasteiger partial charge in [-0.25, -0.2) is 0 Å². The first-order chi connectivity index (χ1) is 7.69. The first kappa shape index (κ1) is 13.5. The molecule has 0 radical (unpaired) electrons. The van der Waals surface area contributed by atoms with Crippen LogP contribution in [0.4, 0.5) is 0 Å². The number of ether oxygens (including phenoxy) is 1. The molecule has 0 aliphatic heterocycles. The van der Waals surface area contributed by atoms with Crippen LogP contribution in [0.5, 0.6) is 5.75 Å². The molecule has 0 bridgehead atoms. The van der Waals surface area contributed by atoms with Crippen LogP contribution in [-0.4, -0.2) is 7.11 Å². The van der Waals surface area contributed by atoms with Gasteiger partial charge in [-0.1, -0.05) is 32.3 Å². The fourth-order valence-corrected chi connectivity index (χ4v) is 2.25. The summed E-state index contributed by atoms with van der Waals surface area (Å²) in [5.74, 6) is 0.851. The lowest BCUT2D eigenvalue weighted by molar-refractivity contribution is 0.411. The van der Waals surface area contributed by atoms with Crippen LogP contribution in [0.15, 0.2) is 22.7 Å². The second-order valence-corrected chi connectivity index (χ2v) is 4.85. The number of hydrogen-bond donors (Lipinski definition) is 1. The molecule has 16 heavy (non-hydrogen) atoms. The first-order valence-corrected chi connectivity index (χ1v) is 6.57. The van der Waals surface area contributed by atoms with Crippen molar-refractivity contribution in [2.45, 2.75) is 38.6 Å². The summed E-state index contributed by atoms with van der Waals surface area (Å²) >= 11 is 3.48. The first-order valence-electron chi connectivity index (χ1n) is 5.78. The van der Waals surface area contributed by atoms with Gasteiger partial charge in [-0.05, 0) is 40.0 Å². The molecule has 0 heterocycles. The van der Waals surface area contributed by atoms with Gasteiger partial charge in [0.1, 0.15) is 5.75 Å². The van der Waals surface area contributed by atoms with Crippen molar-refractivity contribution in [3.8, 4) is 5.75 Å². The number of hydrogen-bond acceptors (Lipinski definition) is 2. The third-order valence-corrected chi connectivity index (χ3v) is 3.34. The lowest BCUT2D eigenvalue weighted by Crippen LogP contribution is -2.10. The Morgan fingerprint density at radius 3 is 2.69 bits per heavy atom. The molecule has 2 nitrogen and oxygen atoms in total. The van der Waals surface area contributed by atoms with Crippen molar-refractivity contribution in [2.24, 2.45) is 5.73 Å². The van der Waals surface area contributed by atoms with E-state index in [2.05, 4.69) is 28.9 Å². The molecule has 1 aromatic carbocycles. The lowest BCUT2D eigenvalue weighted by Gasteiger charge is -2.13. The fourth-order valence-electron chi connectivity index (χ4n) is 1.69. The van der Waals surface area contributed by atoms with E-state index in [9.17, 15) is 0 Å². The fraction of sp³-hybridized carbons (Fsp3) is 0.538. The van der Waals surface area contributed by atoms with Gasteiger partial charge >= 0.3 is 0 Å². The third kappa shape index (κ3) is 3.80. The smallest absolute Gasteiger partial charge is 0.133 e. The van der Waals surface area contributed by atoms with Gasteiger partial charge in [0.2, 0.25) is 0 Å². The molecule has 0 fully saturated rings. The average Bonchev–Trinajstić information content (AvgIpc) is 2.29. The number of methoxy groups -OCH3 is 1. The molecule has 1 aromatic rings. The maximum absolute atomic E-state index is 6.13. The third-order valence-electron chi connectivity index (χ3n) is 2.72. The Morgan fingerprint density at radius 1 is 1.38 bits per heavy atom. The molecule has 0 aliphatic carbocycles. The second-order valence-electron chi connectivity index (χ2n) is 4.00. The summed E-state index contributed by atoms with van der Waals surface area (Å²) < 4.78 is 6.16. The minimum Gasteiger partial charge on any atom is -0.496 e. The summed E-state index contributed by atoms with van der Waals surface area (Å²) in [4.78, 5) is 0. The topological polar surface area (TPSA) is 35.2 Å². The summed E-state index contributed by atoms with van der Waals surface area (Å²) in [6.45, 7) is 2.20. The van der Waals surface area contributed by atoms with Gasteiger partial charge in [0, 0.05) is 6.04 Å². The number of benzene rings is 1. The Labute approximate surface area is 106 Å². The highest BCUT2D eigenvalue weighted by atomic mass is 79.9. The minimum atomic E-state index is 0.133. The van der Waals surface area contributed by atoms with Gasteiger partial charge in [-0.2, -0.15) is 0 Å². The van der Waals surface area contributed by atoms with Gasteiger partial charge in [0.05, 0.1) is 11.6 Å². The van der Waals surface area contributed by atoms with E-state index in [-0.39, 0.29) is 6.04 Å². The largest absolute Gasteiger partial charge is 0.496 e. The Kier molecular flexibility index (Phi) is 5.85. The molecule has 0 saturated carbocycles. The van der Waals surface area contributed by atoms with Crippen LogP contribution in [0.1, 0.15) is 44.2 Å². The summed E-state index contributed by atoms with van der Waals surface area (Å²) in [5.41, 5.74) is 7.30. The van der Waals surface area contributed by atoms with E-state index in [1.807, 2.05) is 12.1 Å². The zero-order valence-corrected chi connectivity index (χ0v) is 11.6. The van der Waals surface area contributed by atoms with Gasteiger partial charge < -0.3 is 10.5 Å². The summed E-state index contributed by atoms with van der Waals surface area (Å²) in [7, 11) is 1.67. The van der Waals surface area contributed by atoms with E-state index >= 15 is 0 Å². The van der Waals surface area contributed by atoms with Crippen LogP contribution in [0, 0.1) is 0 Å². The Bertz CT molecular complexity index is 328. The van der Waals surface area contributed by atoms with Crippen LogP contribution < -0.4 is 10.5 Å². The standard InChI is InChI=1S/C13H20BrNO/c1-3-4-5-6-12(15)10-7-8-13(16-2)11(14)9-10/h7-9,12H,3-6,15H2,1-2H3. The molecule has 1 atom stereocenters. The zero-order valence-electron chi connectivity index (χ0n) is 10.0. The van der Waals surface area contributed by atoms with Crippen molar-refractivity contribution in [2.75, 3.05) is 7.11 Å². The Balaban J connectivity index is 2.62. The van der Waals surface area contributed by atoms with Crippen molar-refractivity contribution in [1.29, 1.82) is 0 Å². The van der Waals surface area contributed by atoms with E-state index < -0.39 is 0 Å². The maximum atomic E-state index is 6.13. The van der Waals surface area contributed by atoms with Gasteiger partial charge in [-0.15, -0.1) is 0 Å². The molecule has 1 unspecified atom stereocenters. The van der Waals surface area contributed by atoms with Crippen molar-refractivity contribution in [3.05, 3.63) is 28.2 Å². The lowest BCUT2D eigenvalue weighted by atomic mass is 10.0. The summed E-state index contributed by atoms with van der Waals surface area (Å²) in [5, 5.41) is 0. The molecule has 2 N–H and O–H groups in total. The van der Waals surface area contributed by atoms with Crippen LogP contribution in [0.3, 0.4) is 0 Å². The highest BCUT2D eigenvalue weighted by Gasteiger charge is 2.08. The van der Waals surface area contributed by atoms with Crippen LogP contribution in [-0.2, 0) is 0 Å². The monoisotopic (exact) mass is 285 g/mol. The molecule has 0 aromatic heterocycles. The minimum absolute atomic E-state index is 0.133. The van der Waals surface area contributed by atoms with E-state index in [4.69, 9.17) is 10.5 Å². The molecule has 3 heteroatoms. The highest BCUT2D eigenvalue weighted by Crippen LogP contribution is 2.28. The van der Waals surface area contributed by atoms with Crippen molar-refractivity contribution >= 4 is 15.9 Å². The van der Waals surface area contributed by atoms with E-state index in [0.29, 0.717) is 0 Å². The second kappa shape index (κ2) is 6.92. The molecular formula is C13H20BrNO. The molecule has 0 aliphatic rings. The predicted molar refractivity (Wildman–Crippen MR) is 71.8 cm³/mol. The van der Waals surface area contributed by atoms with Crippen LogP contribution >= 0.6 is 15.9 Å². The number of unbranched alkanes of at least 4 members (excludes halogenated alkanes) is 2. The van der Waals surface area contributed by atoms with Gasteiger partial charge in [0.25, 0.3) is 0 Å². The zero-order chi connectivity index (χ0) is 12.0. The van der Waals surface area contributed by atoms with Crippen molar-refractivity contribution in [3.63, 3.8) is 0 Å². The van der Waals surface area contributed by atoms with Gasteiger partial charge in [-0.3, -0.25) is 0 Å². The Hall–Kier alpha value is -0.540. The normalized spacial score (nSPS) is 12.5. The SMILES string of the molecule is CCCCCC(N)c1ccc(OC)c(Br)c1. The number of halogens is 1. The molecule has 90 valence electrons. The maximum Gasteiger partial charge on any atom is 0.133 e. The average molecular weight is 286 g/mol. The van der Waals surface area contributed by atoms with E-state index in [1.165, 1.54) is 24.8 Å². The highest BCUT2D eigenvalue weighted by molar-refractivity contribution is 9.10. The molecule has 1 rings (SSSR count). The van der Waals surface area contributed by atoms with Crippen molar-refractivity contribution in [1.82, 2.24) is 0 Å². The summed E-state index contributed by atoms with van der Waals surface area (Å²) in [6, 6.07) is 6.18. The van der Waals surface area contributed by atoms with Crippen LogP contribution in [0.2, 0.25) is 0 Å². The van der Waals surface area contributed by atoms with Crippen LogP contribution in [0.25, 0.3) is 0 Å². The molecule has 0 spiro atoms. The van der Waals surface area contributed by atoms with E-state index in [1.54, 1.807) is 7.11 Å².